The van der Waals surface area contributed by atoms with E-state index in [0.717, 1.165) is 0 Å². The van der Waals surface area contributed by atoms with Gasteiger partial charge in [0.15, 0.2) is 0 Å². The second-order valence-corrected chi connectivity index (χ2v) is 19.7. The predicted octanol–water partition coefficient (Wildman–Crippen LogP) is 11.0. The molecule has 2 radical (unpaired) electrons. The van der Waals surface area contributed by atoms with Crippen molar-refractivity contribution in [3.63, 3.8) is 0 Å². The van der Waals surface area contributed by atoms with Crippen LogP contribution in [0.15, 0.2) is 273 Å². The predicted molar refractivity (Wildman–Crippen MR) is 261 cm³/mol. The minimum atomic E-state index is -0.446. The Kier molecular flexibility index (Phi) is 19.1. The fourth-order valence-electron chi connectivity index (χ4n) is 6.54. The summed E-state index contributed by atoms with van der Waals surface area (Å²) in [7, 11) is -1.34. The molecule has 0 unspecified atom stereocenters. The maximum atomic E-state index is 2.23. The smallest absolute Gasteiger partial charge is 0 e. The molecule has 0 aliphatic rings. The molecule has 9 aromatic carbocycles. The minimum absolute atomic E-state index is 0. The van der Waals surface area contributed by atoms with Crippen LogP contribution in [-0.4, -0.2) is 0 Å². The topological polar surface area (TPSA) is 0 Å². The van der Waals surface area contributed by atoms with Crippen LogP contribution in [0.4, 0.5) is 0 Å². The van der Waals surface area contributed by atoms with Crippen molar-refractivity contribution in [3.05, 3.63) is 273 Å². The molecule has 9 aromatic rings. The largest absolute Gasteiger partial charge is 0.0622 e. The van der Waals surface area contributed by atoms with Crippen LogP contribution >= 0.6 is 36.2 Å². The molecule has 0 saturated carbocycles. The zero-order valence-electron chi connectivity index (χ0n) is 32.5. The maximum Gasteiger partial charge on any atom is 0 e. The molecule has 0 aliphatic carbocycles. The van der Waals surface area contributed by atoms with Gasteiger partial charge >= 0.3 is 0 Å². The molecule has 0 heterocycles. The fraction of sp³-hybridized carbons (Fsp3) is 0. The molecule has 0 amide bonds. The van der Waals surface area contributed by atoms with Crippen molar-refractivity contribution in [3.8, 4) is 0 Å². The molecule has 0 bridgehead atoms. The molecular formula is C54H45ClP3Rh. The van der Waals surface area contributed by atoms with Crippen LogP contribution in [0.5, 0.6) is 0 Å². The van der Waals surface area contributed by atoms with E-state index in [9.17, 15) is 0 Å². The van der Waals surface area contributed by atoms with E-state index in [1.807, 2.05) is 0 Å². The first-order valence-electron chi connectivity index (χ1n) is 19.2. The van der Waals surface area contributed by atoms with Gasteiger partial charge in [0.1, 0.15) is 0 Å². The van der Waals surface area contributed by atoms with Gasteiger partial charge in [-0.25, -0.2) is 0 Å². The SMILES string of the molecule is [Cl].[Rh].c1ccc(P(c2ccccc2)c2ccccc2)cc1.c1ccc(P(c2ccccc2)c2ccccc2)cc1.c1ccc(P(c2ccccc2)c2ccccc2)cc1. The van der Waals surface area contributed by atoms with Crippen LogP contribution in [0.1, 0.15) is 0 Å². The van der Waals surface area contributed by atoms with Gasteiger partial charge in [-0.2, -0.15) is 0 Å². The normalized spacial score (nSPS) is 10.2. The Bertz CT molecular complexity index is 1870. The molecule has 0 N–H and O–H groups in total. The van der Waals surface area contributed by atoms with E-state index in [1.54, 1.807) is 0 Å². The van der Waals surface area contributed by atoms with E-state index in [4.69, 9.17) is 0 Å². The Hall–Kier alpha value is -4.82. The summed E-state index contributed by atoms with van der Waals surface area (Å²) in [5.41, 5.74) is 0. The van der Waals surface area contributed by atoms with Crippen molar-refractivity contribution in [2.75, 3.05) is 0 Å². The Morgan fingerprint density at radius 3 is 0.322 bits per heavy atom. The van der Waals surface area contributed by atoms with E-state index >= 15 is 0 Å². The van der Waals surface area contributed by atoms with Crippen LogP contribution in [0, 0.1) is 0 Å². The molecule has 0 aromatic heterocycles. The van der Waals surface area contributed by atoms with Crippen molar-refractivity contribution in [1.29, 1.82) is 0 Å². The summed E-state index contributed by atoms with van der Waals surface area (Å²) in [5.74, 6) is 0. The number of hydrogen-bond acceptors (Lipinski definition) is 0. The molecule has 59 heavy (non-hydrogen) atoms. The Morgan fingerprint density at radius 1 is 0.153 bits per heavy atom. The molecule has 9 rings (SSSR count). The van der Waals surface area contributed by atoms with Crippen LogP contribution in [-0.2, 0) is 19.5 Å². The van der Waals surface area contributed by atoms with E-state index in [-0.39, 0.29) is 31.9 Å². The summed E-state index contributed by atoms with van der Waals surface area (Å²) >= 11 is 0. The first kappa shape index (κ1) is 45.3. The van der Waals surface area contributed by atoms with Crippen molar-refractivity contribution in [1.82, 2.24) is 0 Å². The molecule has 0 saturated heterocycles. The van der Waals surface area contributed by atoms with Gasteiger partial charge in [0.25, 0.3) is 0 Å². The van der Waals surface area contributed by atoms with Gasteiger partial charge in [-0.1, -0.05) is 273 Å². The average molecular weight is 925 g/mol. The monoisotopic (exact) mass is 924 g/mol. The summed E-state index contributed by atoms with van der Waals surface area (Å²) in [6.07, 6.45) is 0. The van der Waals surface area contributed by atoms with Crippen LogP contribution in [0.25, 0.3) is 0 Å². The molecule has 0 fully saturated rings. The van der Waals surface area contributed by atoms with E-state index in [2.05, 4.69) is 273 Å². The standard InChI is InChI=1S/3C18H15P.Cl.Rh/c3*1-4-10-16(11-5-1)19(17-12-6-2-7-13-17)18-14-8-3-9-15-18;;/h3*1-15H;;. The second kappa shape index (κ2) is 25.0. The number of hydrogen-bond donors (Lipinski definition) is 0. The van der Waals surface area contributed by atoms with Gasteiger partial charge in [0, 0.05) is 31.9 Å². The Labute approximate surface area is 373 Å². The molecule has 5 heteroatoms. The minimum Gasteiger partial charge on any atom is -0.0622 e. The van der Waals surface area contributed by atoms with Crippen molar-refractivity contribution >= 4 is 83.9 Å². The number of rotatable bonds is 9. The van der Waals surface area contributed by atoms with Gasteiger partial charge in [-0.05, 0) is 71.5 Å². The summed E-state index contributed by atoms with van der Waals surface area (Å²) in [6.45, 7) is 0. The summed E-state index contributed by atoms with van der Waals surface area (Å²) in [4.78, 5) is 0. The average Bonchev–Trinajstić information content (AvgIpc) is 3.30. The number of benzene rings is 9. The van der Waals surface area contributed by atoms with E-state index in [1.165, 1.54) is 47.7 Å². The Balaban J connectivity index is 0.000000165. The molecule has 0 spiro atoms. The Morgan fingerprint density at radius 2 is 0.237 bits per heavy atom. The summed E-state index contributed by atoms with van der Waals surface area (Å²) in [5, 5.41) is 12.6. The quantitative estimate of drug-likeness (QED) is 0.1000. The summed E-state index contributed by atoms with van der Waals surface area (Å²) in [6, 6.07) is 97.0. The van der Waals surface area contributed by atoms with Crippen LogP contribution in [0.3, 0.4) is 0 Å². The molecular weight excluding hydrogens is 880 g/mol. The third-order valence-corrected chi connectivity index (χ3v) is 16.5. The molecule has 0 atom stereocenters. The van der Waals surface area contributed by atoms with E-state index in [0.29, 0.717) is 0 Å². The summed E-state index contributed by atoms with van der Waals surface area (Å²) < 4.78 is 0. The van der Waals surface area contributed by atoms with Gasteiger partial charge in [-0.15, -0.1) is 0 Å². The van der Waals surface area contributed by atoms with Crippen molar-refractivity contribution in [2.24, 2.45) is 0 Å². The zero-order chi connectivity index (χ0) is 38.7. The van der Waals surface area contributed by atoms with Gasteiger partial charge in [0.2, 0.25) is 0 Å². The molecule has 292 valence electrons. The number of halogens is 1. The maximum absolute atomic E-state index is 2.23. The van der Waals surface area contributed by atoms with Crippen molar-refractivity contribution < 1.29 is 19.5 Å². The molecule has 0 aliphatic heterocycles. The third-order valence-electron chi connectivity index (χ3n) is 9.13. The van der Waals surface area contributed by atoms with Gasteiger partial charge in [0.05, 0.1) is 0 Å². The second-order valence-electron chi connectivity index (χ2n) is 13.0. The first-order chi connectivity index (χ1) is 28.3. The van der Waals surface area contributed by atoms with Gasteiger partial charge in [-0.3, -0.25) is 0 Å². The van der Waals surface area contributed by atoms with Crippen LogP contribution in [0.2, 0.25) is 0 Å². The third kappa shape index (κ3) is 13.1. The first-order valence-corrected chi connectivity index (χ1v) is 23.2. The zero-order valence-corrected chi connectivity index (χ0v) is 37.6. The van der Waals surface area contributed by atoms with E-state index < -0.39 is 23.8 Å². The van der Waals surface area contributed by atoms with Crippen molar-refractivity contribution in [2.45, 2.75) is 0 Å². The molecule has 0 nitrogen and oxygen atoms in total. The van der Waals surface area contributed by atoms with Gasteiger partial charge < -0.3 is 0 Å². The van der Waals surface area contributed by atoms with Crippen LogP contribution < -0.4 is 47.7 Å². The fourth-order valence-corrected chi connectivity index (χ4v) is 13.5.